The van der Waals surface area contributed by atoms with Gasteiger partial charge in [-0.25, -0.2) is 0 Å². The summed E-state index contributed by atoms with van der Waals surface area (Å²) < 4.78 is 36.8. The van der Waals surface area contributed by atoms with Gasteiger partial charge in [0.05, 0.1) is 18.1 Å². The van der Waals surface area contributed by atoms with Crippen LogP contribution in [-0.4, -0.2) is 35.2 Å². The second-order valence-electron chi connectivity index (χ2n) is 5.74. The van der Waals surface area contributed by atoms with E-state index in [0.29, 0.717) is 12.3 Å². The van der Waals surface area contributed by atoms with E-state index < -0.39 is 18.1 Å². The molecule has 0 aromatic rings. The van der Waals surface area contributed by atoms with Crippen LogP contribution < -0.4 is 5.32 Å². The number of amides is 1. The first-order valence-corrected chi connectivity index (χ1v) is 6.39. The molecule has 2 rings (SSSR count). The van der Waals surface area contributed by atoms with Crippen LogP contribution in [0.3, 0.4) is 0 Å². The molecule has 1 saturated heterocycles. The van der Waals surface area contributed by atoms with E-state index in [1.54, 1.807) is 0 Å². The van der Waals surface area contributed by atoms with Crippen LogP contribution in [0.15, 0.2) is 0 Å². The highest BCUT2D eigenvalue weighted by atomic mass is 19.4. The standard InChI is InChI=1S/C12H19F3N2O/c1-8(2)7-9-16-11(3-4-11)10(18)17(9)6-5-12(13,14)15/h8-9,16H,3-7H2,1-2H3. The van der Waals surface area contributed by atoms with E-state index in [4.69, 9.17) is 0 Å². The van der Waals surface area contributed by atoms with Crippen molar-refractivity contribution >= 4 is 5.91 Å². The normalized spacial score (nSPS) is 26.4. The van der Waals surface area contributed by atoms with Crippen molar-refractivity contribution in [2.75, 3.05) is 6.54 Å². The minimum Gasteiger partial charge on any atom is -0.325 e. The third kappa shape index (κ3) is 2.79. The number of alkyl halides is 3. The van der Waals surface area contributed by atoms with Crippen LogP contribution in [0, 0.1) is 5.92 Å². The fourth-order valence-electron chi connectivity index (χ4n) is 2.50. The molecule has 1 amide bonds. The number of carbonyl (C=O) groups excluding carboxylic acids is 1. The molecule has 1 atom stereocenters. The van der Waals surface area contributed by atoms with Crippen molar-refractivity contribution in [1.29, 1.82) is 0 Å². The van der Waals surface area contributed by atoms with Crippen LogP contribution in [0.5, 0.6) is 0 Å². The Kier molecular flexibility index (Phi) is 3.34. The minimum absolute atomic E-state index is 0.141. The van der Waals surface area contributed by atoms with E-state index in [1.807, 2.05) is 13.8 Å². The van der Waals surface area contributed by atoms with Gasteiger partial charge in [-0.3, -0.25) is 10.1 Å². The van der Waals surface area contributed by atoms with E-state index in [1.165, 1.54) is 4.90 Å². The van der Waals surface area contributed by atoms with Gasteiger partial charge < -0.3 is 4.90 Å². The molecule has 1 unspecified atom stereocenters. The van der Waals surface area contributed by atoms with Crippen molar-refractivity contribution in [3.63, 3.8) is 0 Å². The summed E-state index contributed by atoms with van der Waals surface area (Å²) in [5.41, 5.74) is -0.523. The summed E-state index contributed by atoms with van der Waals surface area (Å²) in [6.07, 6.45) is -3.16. The largest absolute Gasteiger partial charge is 0.390 e. The summed E-state index contributed by atoms with van der Waals surface area (Å²) in [7, 11) is 0. The lowest BCUT2D eigenvalue weighted by Gasteiger charge is -2.25. The summed E-state index contributed by atoms with van der Waals surface area (Å²) in [6, 6.07) is 0. The number of nitrogens with zero attached hydrogens (tertiary/aromatic N) is 1. The van der Waals surface area contributed by atoms with Gasteiger partial charge in [0.1, 0.15) is 0 Å². The molecule has 1 aliphatic carbocycles. The van der Waals surface area contributed by atoms with Crippen LogP contribution in [0.1, 0.15) is 39.5 Å². The lowest BCUT2D eigenvalue weighted by molar-refractivity contribution is -0.145. The molecule has 1 saturated carbocycles. The zero-order chi connectivity index (χ0) is 13.6. The maximum atomic E-state index is 12.3. The van der Waals surface area contributed by atoms with E-state index >= 15 is 0 Å². The quantitative estimate of drug-likeness (QED) is 0.845. The van der Waals surface area contributed by atoms with Gasteiger partial charge in [-0.15, -0.1) is 0 Å². The van der Waals surface area contributed by atoms with Crippen molar-refractivity contribution in [3.8, 4) is 0 Å². The van der Waals surface area contributed by atoms with Crippen molar-refractivity contribution in [1.82, 2.24) is 10.2 Å². The average Bonchev–Trinajstić information content (AvgIpc) is 2.90. The van der Waals surface area contributed by atoms with Gasteiger partial charge in [0.2, 0.25) is 5.91 Å². The predicted octanol–water partition coefficient (Wildman–Crippen LogP) is 2.28. The molecular weight excluding hydrogens is 245 g/mol. The Bertz CT molecular complexity index is 337. The van der Waals surface area contributed by atoms with E-state index in [0.717, 1.165) is 12.8 Å². The van der Waals surface area contributed by atoms with Gasteiger partial charge in [-0.05, 0) is 25.2 Å². The number of carbonyl (C=O) groups is 1. The summed E-state index contributed by atoms with van der Waals surface area (Å²) in [5.74, 6) is 0.204. The van der Waals surface area contributed by atoms with E-state index in [9.17, 15) is 18.0 Å². The number of halogens is 3. The molecular formula is C12H19F3N2O. The molecule has 1 heterocycles. The fraction of sp³-hybridized carbons (Fsp3) is 0.917. The Morgan fingerprint density at radius 3 is 2.50 bits per heavy atom. The maximum Gasteiger partial charge on any atom is 0.390 e. The SMILES string of the molecule is CC(C)CC1NC2(CC2)C(=O)N1CCC(F)(F)F. The molecule has 0 radical (unpaired) electrons. The second kappa shape index (κ2) is 4.40. The smallest absolute Gasteiger partial charge is 0.325 e. The molecule has 0 aromatic carbocycles. The first-order valence-electron chi connectivity index (χ1n) is 6.39. The van der Waals surface area contributed by atoms with Crippen molar-refractivity contribution in [2.24, 2.45) is 5.92 Å². The Morgan fingerprint density at radius 1 is 1.44 bits per heavy atom. The number of hydrogen-bond acceptors (Lipinski definition) is 2. The van der Waals surface area contributed by atoms with Crippen LogP contribution >= 0.6 is 0 Å². The maximum absolute atomic E-state index is 12.3. The molecule has 2 fully saturated rings. The Morgan fingerprint density at radius 2 is 2.06 bits per heavy atom. The molecule has 3 nitrogen and oxygen atoms in total. The predicted molar refractivity (Wildman–Crippen MR) is 60.7 cm³/mol. The van der Waals surface area contributed by atoms with Crippen LogP contribution in [-0.2, 0) is 4.79 Å². The summed E-state index contributed by atoms with van der Waals surface area (Å²) in [5, 5.41) is 3.22. The highest BCUT2D eigenvalue weighted by molar-refractivity contribution is 5.91. The highest BCUT2D eigenvalue weighted by Gasteiger charge is 2.59. The third-order valence-corrected chi connectivity index (χ3v) is 3.57. The van der Waals surface area contributed by atoms with Gasteiger partial charge in [-0.1, -0.05) is 13.8 Å². The van der Waals surface area contributed by atoms with Gasteiger partial charge in [0.15, 0.2) is 0 Å². The van der Waals surface area contributed by atoms with E-state index in [2.05, 4.69) is 5.32 Å². The zero-order valence-electron chi connectivity index (χ0n) is 10.7. The molecule has 2 aliphatic rings. The summed E-state index contributed by atoms with van der Waals surface area (Å²) in [4.78, 5) is 13.5. The Balaban J connectivity index is 2.01. The third-order valence-electron chi connectivity index (χ3n) is 3.57. The van der Waals surface area contributed by atoms with E-state index in [-0.39, 0.29) is 18.6 Å². The molecule has 1 spiro atoms. The molecule has 0 bridgehead atoms. The molecule has 6 heteroatoms. The Labute approximate surface area is 105 Å². The average molecular weight is 264 g/mol. The minimum atomic E-state index is -4.21. The van der Waals surface area contributed by atoms with Gasteiger partial charge in [0, 0.05) is 6.54 Å². The lowest BCUT2D eigenvalue weighted by Crippen LogP contribution is -2.40. The van der Waals surface area contributed by atoms with Crippen LogP contribution in [0.4, 0.5) is 13.2 Å². The number of nitrogens with one attached hydrogen (secondary N) is 1. The molecule has 1 aliphatic heterocycles. The highest BCUT2D eigenvalue weighted by Crippen LogP contribution is 2.43. The van der Waals surface area contributed by atoms with Gasteiger partial charge in [0.25, 0.3) is 0 Å². The molecule has 104 valence electrons. The number of hydrogen-bond donors (Lipinski definition) is 1. The molecule has 1 N–H and O–H groups in total. The van der Waals surface area contributed by atoms with Crippen molar-refractivity contribution in [3.05, 3.63) is 0 Å². The first-order chi connectivity index (χ1) is 8.23. The second-order valence-corrected chi connectivity index (χ2v) is 5.74. The fourth-order valence-corrected chi connectivity index (χ4v) is 2.50. The monoisotopic (exact) mass is 264 g/mol. The lowest BCUT2D eigenvalue weighted by atomic mass is 10.1. The van der Waals surface area contributed by atoms with Crippen LogP contribution in [0.25, 0.3) is 0 Å². The Hall–Kier alpha value is -0.780. The topological polar surface area (TPSA) is 32.3 Å². The van der Waals surface area contributed by atoms with Crippen molar-refractivity contribution in [2.45, 2.75) is 57.4 Å². The first kappa shape index (κ1) is 13.6. The van der Waals surface area contributed by atoms with Gasteiger partial charge in [-0.2, -0.15) is 13.2 Å². The van der Waals surface area contributed by atoms with Gasteiger partial charge >= 0.3 is 6.18 Å². The molecule has 18 heavy (non-hydrogen) atoms. The summed E-state index contributed by atoms with van der Waals surface area (Å²) in [6.45, 7) is 3.78. The summed E-state index contributed by atoms with van der Waals surface area (Å²) >= 11 is 0. The molecule has 0 aromatic heterocycles. The van der Waals surface area contributed by atoms with Crippen LogP contribution in [0.2, 0.25) is 0 Å². The number of rotatable bonds is 4. The van der Waals surface area contributed by atoms with Crippen molar-refractivity contribution < 1.29 is 18.0 Å². The zero-order valence-corrected chi connectivity index (χ0v) is 10.7.